The van der Waals surface area contributed by atoms with Crippen LogP contribution in [0.15, 0.2) is 102 Å². The number of ether oxygens (including phenoxy) is 1. The molecular formula is C35H37Cl2N3O5S. The maximum absolute atomic E-state index is 14.2. The lowest BCUT2D eigenvalue weighted by atomic mass is 10.1. The van der Waals surface area contributed by atoms with Crippen LogP contribution in [0.4, 0.5) is 5.69 Å². The molecule has 0 bridgehead atoms. The second-order valence-electron chi connectivity index (χ2n) is 11.0. The molecule has 2 amide bonds. The Bertz CT molecular complexity index is 1750. The number of anilines is 1. The predicted octanol–water partition coefficient (Wildman–Crippen LogP) is 7.62. The van der Waals surface area contributed by atoms with Gasteiger partial charge < -0.3 is 15.0 Å². The zero-order valence-electron chi connectivity index (χ0n) is 26.1. The molecule has 0 aliphatic heterocycles. The molecule has 46 heavy (non-hydrogen) atoms. The monoisotopic (exact) mass is 681 g/mol. The number of nitrogens with one attached hydrogen (secondary N) is 1. The summed E-state index contributed by atoms with van der Waals surface area (Å²) >= 11 is 12.6. The number of carbonyl (C=O) groups excluding carboxylic acids is 2. The highest BCUT2D eigenvalue weighted by molar-refractivity contribution is 7.92. The number of carbonyl (C=O) groups is 2. The molecule has 2 atom stereocenters. The van der Waals surface area contributed by atoms with Crippen molar-refractivity contribution in [3.8, 4) is 11.5 Å². The van der Waals surface area contributed by atoms with Gasteiger partial charge in [-0.05, 0) is 93.4 Å². The quantitative estimate of drug-likeness (QED) is 0.157. The average Bonchev–Trinajstić information content (AvgIpc) is 3.04. The summed E-state index contributed by atoms with van der Waals surface area (Å²) in [5.74, 6) is 0.139. The molecule has 0 radical (unpaired) electrons. The van der Waals surface area contributed by atoms with Gasteiger partial charge in [0, 0.05) is 22.6 Å². The number of sulfonamides is 1. The summed E-state index contributed by atoms with van der Waals surface area (Å²) in [6.45, 7) is 6.64. The van der Waals surface area contributed by atoms with Crippen LogP contribution in [-0.2, 0) is 26.2 Å². The van der Waals surface area contributed by atoms with E-state index in [4.69, 9.17) is 27.9 Å². The molecule has 4 aromatic carbocycles. The summed E-state index contributed by atoms with van der Waals surface area (Å²) in [7, 11) is -4.23. The number of benzene rings is 4. The van der Waals surface area contributed by atoms with Gasteiger partial charge in [0.1, 0.15) is 24.1 Å². The third-order valence-corrected chi connectivity index (χ3v) is 9.89. The van der Waals surface area contributed by atoms with Crippen LogP contribution in [0.25, 0.3) is 0 Å². The molecule has 0 unspecified atom stereocenters. The van der Waals surface area contributed by atoms with Crippen LogP contribution in [0.2, 0.25) is 10.0 Å². The van der Waals surface area contributed by atoms with Crippen LogP contribution in [0.3, 0.4) is 0 Å². The number of halogens is 2. The van der Waals surface area contributed by atoms with Gasteiger partial charge in [-0.15, -0.1) is 0 Å². The summed E-state index contributed by atoms with van der Waals surface area (Å²) in [5, 5.41) is 3.65. The Hall–Kier alpha value is -4.05. The molecule has 1 N–H and O–H groups in total. The number of hydrogen-bond donors (Lipinski definition) is 1. The van der Waals surface area contributed by atoms with E-state index >= 15 is 0 Å². The lowest BCUT2D eigenvalue weighted by Gasteiger charge is -2.32. The number of aryl methyl sites for hydroxylation is 1. The lowest BCUT2D eigenvalue weighted by Crippen LogP contribution is -2.52. The minimum absolute atomic E-state index is 0.0189. The highest BCUT2D eigenvalue weighted by Crippen LogP contribution is 2.29. The molecule has 11 heteroatoms. The molecule has 0 spiro atoms. The van der Waals surface area contributed by atoms with Gasteiger partial charge in [-0.2, -0.15) is 0 Å². The topological polar surface area (TPSA) is 96.0 Å². The maximum atomic E-state index is 14.2. The van der Waals surface area contributed by atoms with E-state index in [0.717, 1.165) is 9.87 Å². The minimum Gasteiger partial charge on any atom is -0.457 e. The smallest absolute Gasteiger partial charge is 0.264 e. The van der Waals surface area contributed by atoms with Gasteiger partial charge in [0.15, 0.2) is 0 Å². The molecular weight excluding hydrogens is 645 g/mol. The molecule has 4 aromatic rings. The third kappa shape index (κ3) is 8.81. The van der Waals surface area contributed by atoms with Crippen LogP contribution >= 0.6 is 23.2 Å². The number of amides is 2. The molecule has 0 aliphatic rings. The molecule has 8 nitrogen and oxygen atoms in total. The largest absolute Gasteiger partial charge is 0.457 e. The molecule has 0 saturated heterocycles. The molecule has 0 aliphatic carbocycles. The van der Waals surface area contributed by atoms with E-state index in [0.29, 0.717) is 33.5 Å². The van der Waals surface area contributed by atoms with Gasteiger partial charge in [0.25, 0.3) is 10.0 Å². The first kappa shape index (κ1) is 34.8. The Labute approximate surface area is 280 Å². The van der Waals surface area contributed by atoms with Crippen molar-refractivity contribution in [2.24, 2.45) is 0 Å². The molecule has 0 aromatic heterocycles. The first-order valence-corrected chi connectivity index (χ1v) is 17.0. The van der Waals surface area contributed by atoms with Crippen LogP contribution < -0.4 is 14.4 Å². The Morgan fingerprint density at radius 2 is 1.50 bits per heavy atom. The van der Waals surface area contributed by atoms with Crippen molar-refractivity contribution in [3.05, 3.63) is 118 Å². The number of hydrogen-bond acceptors (Lipinski definition) is 5. The van der Waals surface area contributed by atoms with E-state index in [-0.39, 0.29) is 29.1 Å². The van der Waals surface area contributed by atoms with E-state index in [1.807, 2.05) is 39.0 Å². The second kappa shape index (κ2) is 15.5. The van der Waals surface area contributed by atoms with Crippen molar-refractivity contribution in [2.75, 3.05) is 10.8 Å². The normalized spacial score (nSPS) is 12.6. The van der Waals surface area contributed by atoms with Crippen molar-refractivity contribution in [1.82, 2.24) is 10.2 Å². The lowest BCUT2D eigenvalue weighted by molar-refractivity contribution is -0.139. The minimum atomic E-state index is -4.23. The second-order valence-corrected chi connectivity index (χ2v) is 13.7. The van der Waals surface area contributed by atoms with Crippen molar-refractivity contribution in [2.45, 2.75) is 57.6 Å². The van der Waals surface area contributed by atoms with Gasteiger partial charge in [-0.3, -0.25) is 13.9 Å². The fourth-order valence-corrected chi connectivity index (χ4v) is 6.44. The highest BCUT2D eigenvalue weighted by atomic mass is 35.5. The van der Waals surface area contributed by atoms with E-state index in [1.54, 1.807) is 73.7 Å². The third-order valence-electron chi connectivity index (χ3n) is 7.52. The standard InChI is InChI=1S/C35H37Cl2N3O5S/c1-5-25(3)38-35(42)26(4)39(22-27-13-14-28(36)21-33(27)37)34(41)23-40(46(43,44)32-19-11-24(2)12-20-32)29-15-17-31(18-16-29)45-30-9-7-6-8-10-30/h6-21,25-26H,5,22-23H2,1-4H3,(H,38,42)/t25-,26-/m0/s1. The Kier molecular flexibility index (Phi) is 11.7. The summed E-state index contributed by atoms with van der Waals surface area (Å²) in [6.07, 6.45) is 0.696. The van der Waals surface area contributed by atoms with Crippen molar-refractivity contribution >= 4 is 50.7 Å². The maximum Gasteiger partial charge on any atom is 0.264 e. The zero-order chi connectivity index (χ0) is 33.4. The van der Waals surface area contributed by atoms with Crippen LogP contribution in [0.1, 0.15) is 38.3 Å². The summed E-state index contributed by atoms with van der Waals surface area (Å²) in [6, 6.07) is 25.8. The predicted molar refractivity (Wildman–Crippen MR) is 183 cm³/mol. The summed E-state index contributed by atoms with van der Waals surface area (Å²) in [4.78, 5) is 28.8. The van der Waals surface area contributed by atoms with Gasteiger partial charge in [0.2, 0.25) is 11.8 Å². The first-order chi connectivity index (χ1) is 21.9. The van der Waals surface area contributed by atoms with Gasteiger partial charge in [0.05, 0.1) is 10.6 Å². The number of rotatable bonds is 13. The zero-order valence-corrected chi connectivity index (χ0v) is 28.4. The SMILES string of the molecule is CC[C@H](C)NC(=O)[C@H](C)N(Cc1ccc(Cl)cc1Cl)C(=O)CN(c1ccc(Oc2ccccc2)cc1)S(=O)(=O)c1ccc(C)cc1. The Morgan fingerprint density at radius 1 is 0.870 bits per heavy atom. The van der Waals surface area contributed by atoms with Crippen LogP contribution in [0, 0.1) is 6.92 Å². The van der Waals surface area contributed by atoms with Crippen molar-refractivity contribution in [1.29, 1.82) is 0 Å². The summed E-state index contributed by atoms with van der Waals surface area (Å²) in [5.41, 5.74) is 1.68. The Balaban J connectivity index is 1.72. The van der Waals surface area contributed by atoms with Gasteiger partial charge in [-0.1, -0.05) is 72.1 Å². The fourth-order valence-electron chi connectivity index (χ4n) is 4.55. The van der Waals surface area contributed by atoms with E-state index in [9.17, 15) is 18.0 Å². The van der Waals surface area contributed by atoms with E-state index in [1.165, 1.54) is 17.0 Å². The molecule has 0 fully saturated rings. The molecule has 0 heterocycles. The first-order valence-electron chi connectivity index (χ1n) is 14.8. The number of nitrogens with zero attached hydrogens (tertiary/aromatic N) is 2. The Morgan fingerprint density at radius 3 is 2.11 bits per heavy atom. The summed E-state index contributed by atoms with van der Waals surface area (Å²) < 4.78 is 35.2. The average molecular weight is 683 g/mol. The van der Waals surface area contributed by atoms with E-state index in [2.05, 4.69) is 5.32 Å². The van der Waals surface area contributed by atoms with Gasteiger partial charge >= 0.3 is 0 Å². The fraction of sp³-hybridized carbons (Fsp3) is 0.257. The molecule has 242 valence electrons. The van der Waals surface area contributed by atoms with Crippen molar-refractivity contribution in [3.63, 3.8) is 0 Å². The van der Waals surface area contributed by atoms with Gasteiger partial charge in [-0.25, -0.2) is 8.42 Å². The van der Waals surface area contributed by atoms with E-state index < -0.39 is 28.5 Å². The number of para-hydroxylation sites is 1. The molecule has 0 saturated carbocycles. The van der Waals surface area contributed by atoms with Crippen LogP contribution in [-0.4, -0.2) is 43.8 Å². The highest BCUT2D eigenvalue weighted by Gasteiger charge is 2.33. The molecule has 4 rings (SSSR count). The van der Waals surface area contributed by atoms with Crippen LogP contribution in [0.5, 0.6) is 11.5 Å². The van der Waals surface area contributed by atoms with Crippen molar-refractivity contribution < 1.29 is 22.7 Å².